The van der Waals surface area contributed by atoms with E-state index in [0.29, 0.717) is 30.3 Å². The van der Waals surface area contributed by atoms with Gasteiger partial charge < -0.3 is 20.5 Å². The lowest BCUT2D eigenvalue weighted by Gasteiger charge is -2.33. The lowest BCUT2D eigenvalue weighted by Crippen LogP contribution is -2.50. The second-order valence-electron chi connectivity index (χ2n) is 11.8. The molecule has 2 atom stereocenters. The number of likely N-dealkylation sites (tertiary alicyclic amines) is 1. The van der Waals surface area contributed by atoms with Crippen molar-refractivity contribution in [3.05, 3.63) is 59.5 Å². The molecule has 1 aliphatic heterocycles. The monoisotopic (exact) mass is 602 g/mol. The van der Waals surface area contributed by atoms with Gasteiger partial charge in [0.25, 0.3) is 5.91 Å². The molecule has 5 aromatic rings. The maximum Gasteiger partial charge on any atom is 0.255 e. The number of methoxy groups -OCH3 is 1. The zero-order valence-electron chi connectivity index (χ0n) is 24.3. The van der Waals surface area contributed by atoms with E-state index in [9.17, 15) is 14.3 Å². The standard InChI is InChI=1S/C32H35FN6O3S/c1-18-29(36-39-15-20(11-26(42-2)30(18)39)32(41)37-16-22(33)12-23(34)17-37)31-25(10-19-6-7-19)28-24(4-3-5-27(28)43-31)21-13-35-38(14-21)8-9-40/h3-5,11,13-15,19,22-23,40H,6-10,12,16-17,34H2,1-2H3/t22-,23-/m1/s1. The summed E-state index contributed by atoms with van der Waals surface area (Å²) >= 11 is 1.73. The van der Waals surface area contributed by atoms with E-state index < -0.39 is 6.17 Å². The van der Waals surface area contributed by atoms with Crippen LogP contribution in [0, 0.1) is 12.8 Å². The SMILES string of the molecule is COc1cc(C(=O)N2C[C@H](N)C[C@@H](F)C2)cn2nc(-c3sc4cccc(-c5cnn(CCO)c5)c4c3CC3CC3)c(C)c12. The van der Waals surface area contributed by atoms with Crippen molar-refractivity contribution in [2.75, 3.05) is 26.8 Å². The van der Waals surface area contributed by atoms with Gasteiger partial charge in [-0.2, -0.15) is 10.2 Å². The topological polar surface area (TPSA) is 111 Å². The highest BCUT2D eigenvalue weighted by Gasteiger charge is 2.31. The number of fused-ring (bicyclic) bond motifs is 2. The number of pyridine rings is 1. The fourth-order valence-electron chi connectivity index (χ4n) is 6.37. The molecule has 0 radical (unpaired) electrons. The number of aromatic nitrogens is 4. The molecule has 2 aliphatic rings. The predicted octanol–water partition coefficient (Wildman–Crippen LogP) is 4.85. The molecule has 4 aromatic heterocycles. The maximum atomic E-state index is 14.3. The second-order valence-corrected chi connectivity index (χ2v) is 12.9. The molecule has 7 rings (SSSR count). The van der Waals surface area contributed by atoms with E-state index in [4.69, 9.17) is 15.6 Å². The van der Waals surface area contributed by atoms with Crippen LogP contribution in [0.3, 0.4) is 0 Å². The number of aryl methyl sites for hydroxylation is 1. The van der Waals surface area contributed by atoms with Gasteiger partial charge in [0.2, 0.25) is 0 Å². The summed E-state index contributed by atoms with van der Waals surface area (Å²) in [5.41, 5.74) is 12.5. The molecule has 2 fully saturated rings. The molecular formula is C32H35FN6O3S. The van der Waals surface area contributed by atoms with Gasteiger partial charge in [-0.25, -0.2) is 8.91 Å². The molecule has 224 valence electrons. The summed E-state index contributed by atoms with van der Waals surface area (Å²) in [6.07, 6.45) is 8.10. The van der Waals surface area contributed by atoms with E-state index in [1.165, 1.54) is 33.4 Å². The number of thiophene rings is 1. The van der Waals surface area contributed by atoms with Crippen LogP contribution in [0.4, 0.5) is 4.39 Å². The quantitative estimate of drug-likeness (QED) is 0.263. The number of nitrogens with two attached hydrogens (primary N) is 1. The summed E-state index contributed by atoms with van der Waals surface area (Å²) in [4.78, 5) is 16.1. The van der Waals surface area contributed by atoms with Crippen molar-refractivity contribution < 1.29 is 19.0 Å². The summed E-state index contributed by atoms with van der Waals surface area (Å²) in [6.45, 7) is 2.88. The Bertz CT molecular complexity index is 1830. The summed E-state index contributed by atoms with van der Waals surface area (Å²) in [7, 11) is 1.59. The van der Waals surface area contributed by atoms with E-state index in [0.717, 1.165) is 39.2 Å². The molecule has 1 aromatic carbocycles. The molecule has 1 aliphatic carbocycles. The number of alkyl halides is 1. The van der Waals surface area contributed by atoms with Crippen LogP contribution >= 0.6 is 11.3 Å². The number of rotatable bonds is 8. The van der Waals surface area contributed by atoms with E-state index in [1.54, 1.807) is 39.9 Å². The van der Waals surface area contributed by atoms with Gasteiger partial charge in [-0.15, -0.1) is 11.3 Å². The summed E-state index contributed by atoms with van der Waals surface area (Å²) < 4.78 is 24.7. The molecule has 43 heavy (non-hydrogen) atoms. The lowest BCUT2D eigenvalue weighted by atomic mass is 9.96. The molecule has 1 amide bonds. The highest BCUT2D eigenvalue weighted by atomic mass is 32.1. The van der Waals surface area contributed by atoms with Crippen molar-refractivity contribution >= 4 is 32.8 Å². The van der Waals surface area contributed by atoms with Crippen LogP contribution in [0.25, 0.3) is 37.3 Å². The number of benzene rings is 1. The number of halogens is 1. The molecular weight excluding hydrogens is 567 g/mol. The first-order valence-corrected chi connectivity index (χ1v) is 15.6. The summed E-state index contributed by atoms with van der Waals surface area (Å²) in [6, 6.07) is 7.71. The number of hydrogen-bond acceptors (Lipinski definition) is 7. The maximum absolute atomic E-state index is 14.3. The van der Waals surface area contributed by atoms with Gasteiger partial charge in [-0.1, -0.05) is 12.1 Å². The largest absolute Gasteiger partial charge is 0.494 e. The Morgan fingerprint density at radius 3 is 2.84 bits per heavy atom. The van der Waals surface area contributed by atoms with Crippen LogP contribution in [0.2, 0.25) is 0 Å². The third kappa shape index (κ3) is 5.09. The number of amides is 1. The normalized spacial score (nSPS) is 19.0. The number of aliphatic hydroxyl groups is 1. The van der Waals surface area contributed by atoms with Gasteiger partial charge in [0.05, 0.1) is 43.4 Å². The van der Waals surface area contributed by atoms with Crippen LogP contribution in [-0.2, 0) is 13.0 Å². The first-order valence-electron chi connectivity index (χ1n) is 14.8. The average molecular weight is 603 g/mol. The van der Waals surface area contributed by atoms with Crippen molar-refractivity contribution in [3.63, 3.8) is 0 Å². The molecule has 1 saturated carbocycles. The molecule has 0 bridgehead atoms. The minimum Gasteiger partial charge on any atom is -0.494 e. The highest BCUT2D eigenvalue weighted by molar-refractivity contribution is 7.22. The van der Waals surface area contributed by atoms with Crippen molar-refractivity contribution in [2.24, 2.45) is 11.7 Å². The Labute approximate surface area is 252 Å². The van der Waals surface area contributed by atoms with Crippen molar-refractivity contribution in [2.45, 2.75) is 51.4 Å². The van der Waals surface area contributed by atoms with Crippen LogP contribution in [0.1, 0.15) is 40.7 Å². The van der Waals surface area contributed by atoms with Gasteiger partial charge in [-0.05, 0) is 61.8 Å². The number of piperidine rings is 1. The first-order chi connectivity index (χ1) is 20.8. The zero-order chi connectivity index (χ0) is 29.8. The third-order valence-corrected chi connectivity index (χ3v) is 9.81. The van der Waals surface area contributed by atoms with E-state index in [2.05, 4.69) is 23.3 Å². The van der Waals surface area contributed by atoms with Gasteiger partial charge >= 0.3 is 0 Å². The van der Waals surface area contributed by atoms with Crippen LogP contribution in [0.15, 0.2) is 42.9 Å². The molecule has 0 spiro atoms. The Morgan fingerprint density at radius 1 is 1.26 bits per heavy atom. The van der Waals surface area contributed by atoms with E-state index in [-0.39, 0.29) is 31.5 Å². The number of ether oxygens (including phenoxy) is 1. The minimum atomic E-state index is -1.14. The summed E-state index contributed by atoms with van der Waals surface area (Å²) in [5.74, 6) is 0.908. The lowest BCUT2D eigenvalue weighted by molar-refractivity contribution is 0.0606. The van der Waals surface area contributed by atoms with Crippen molar-refractivity contribution in [1.82, 2.24) is 24.3 Å². The fourth-order valence-corrected chi connectivity index (χ4v) is 7.68. The van der Waals surface area contributed by atoms with Crippen LogP contribution in [-0.4, -0.2) is 74.3 Å². The smallest absolute Gasteiger partial charge is 0.255 e. The van der Waals surface area contributed by atoms with Gasteiger partial charge in [-0.3, -0.25) is 9.48 Å². The number of aliphatic hydroxyl groups excluding tert-OH is 1. The van der Waals surface area contributed by atoms with Gasteiger partial charge in [0, 0.05) is 46.2 Å². The molecule has 9 nitrogen and oxygen atoms in total. The Hall–Kier alpha value is -3.80. The van der Waals surface area contributed by atoms with Gasteiger partial charge in [0.1, 0.15) is 23.1 Å². The predicted molar refractivity (Wildman–Crippen MR) is 165 cm³/mol. The molecule has 11 heteroatoms. The van der Waals surface area contributed by atoms with Crippen LogP contribution < -0.4 is 10.5 Å². The Kier molecular flexibility index (Phi) is 7.19. The van der Waals surface area contributed by atoms with Crippen molar-refractivity contribution in [1.29, 1.82) is 0 Å². The van der Waals surface area contributed by atoms with Gasteiger partial charge in [0.15, 0.2) is 0 Å². The zero-order valence-corrected chi connectivity index (χ0v) is 25.1. The first kappa shape index (κ1) is 28.0. The number of hydrogen-bond donors (Lipinski definition) is 2. The average Bonchev–Trinajstić information content (AvgIpc) is 3.41. The molecule has 5 heterocycles. The van der Waals surface area contributed by atoms with Crippen molar-refractivity contribution in [3.8, 4) is 27.4 Å². The minimum absolute atomic E-state index is 0.0316. The number of carbonyl (C=O) groups excluding carboxylic acids is 1. The molecule has 1 saturated heterocycles. The van der Waals surface area contributed by atoms with Crippen LogP contribution in [0.5, 0.6) is 5.75 Å². The second kappa shape index (κ2) is 11.0. The van der Waals surface area contributed by atoms with E-state index in [1.807, 2.05) is 19.3 Å². The molecule has 0 unspecified atom stereocenters. The molecule has 3 N–H and O–H groups in total. The number of nitrogens with zero attached hydrogens (tertiary/aromatic N) is 5. The summed E-state index contributed by atoms with van der Waals surface area (Å²) in [5, 5.41) is 20.1. The Morgan fingerprint density at radius 2 is 2.09 bits per heavy atom. The fraction of sp³-hybridized carbons (Fsp3) is 0.406. The Balaban J connectivity index is 1.36. The third-order valence-electron chi connectivity index (χ3n) is 8.61. The number of carbonyl (C=O) groups is 1. The van der Waals surface area contributed by atoms with E-state index >= 15 is 0 Å². The highest BCUT2D eigenvalue weighted by Crippen LogP contribution is 2.47.